The number of imidazole rings is 1. The summed E-state index contributed by atoms with van der Waals surface area (Å²) in [6, 6.07) is 9.52. The number of hydrogen-bond acceptors (Lipinski definition) is 4. The monoisotopic (exact) mass is 410 g/mol. The number of halogens is 1. The molecule has 1 aromatic heterocycles. The van der Waals surface area contributed by atoms with Gasteiger partial charge in [-0.2, -0.15) is 5.26 Å². The quantitative estimate of drug-likeness (QED) is 0.723. The lowest BCUT2D eigenvalue weighted by Crippen LogP contribution is -2.34. The van der Waals surface area contributed by atoms with Crippen molar-refractivity contribution in [3.05, 3.63) is 76.9 Å². The lowest BCUT2D eigenvalue weighted by molar-refractivity contribution is -0.126. The molecule has 0 bridgehead atoms. The summed E-state index contributed by atoms with van der Waals surface area (Å²) in [7, 11) is 0. The molecule has 150 valence electrons. The Balaban J connectivity index is 1.44. The summed E-state index contributed by atoms with van der Waals surface area (Å²) in [5.74, 6) is 0.357. The van der Waals surface area contributed by atoms with Crippen molar-refractivity contribution < 1.29 is 9.53 Å². The number of aromatic nitrogens is 2. The maximum atomic E-state index is 12.1. The molecule has 1 N–H and O–H groups in total. The van der Waals surface area contributed by atoms with Gasteiger partial charge in [0.1, 0.15) is 6.61 Å². The third-order valence-electron chi connectivity index (χ3n) is 4.86. The Morgan fingerprint density at radius 2 is 2.17 bits per heavy atom. The van der Waals surface area contributed by atoms with E-state index in [9.17, 15) is 4.79 Å². The van der Waals surface area contributed by atoms with Crippen molar-refractivity contribution >= 4 is 17.5 Å². The first-order chi connectivity index (χ1) is 14.0. The second kappa shape index (κ2) is 10.1. The van der Waals surface area contributed by atoms with Gasteiger partial charge in [-0.3, -0.25) is 4.79 Å². The summed E-state index contributed by atoms with van der Waals surface area (Å²) in [4.78, 5) is 16.2. The zero-order valence-electron chi connectivity index (χ0n) is 16.2. The van der Waals surface area contributed by atoms with Crippen molar-refractivity contribution in [1.29, 1.82) is 5.26 Å². The van der Waals surface area contributed by atoms with Crippen LogP contribution in [0.5, 0.6) is 0 Å². The number of hydrogen-bond donors (Lipinski definition) is 1. The van der Waals surface area contributed by atoms with Crippen LogP contribution in [0.4, 0.5) is 0 Å². The van der Waals surface area contributed by atoms with Crippen LogP contribution in [0.15, 0.2) is 60.0 Å². The summed E-state index contributed by atoms with van der Waals surface area (Å²) < 4.78 is 7.53. The van der Waals surface area contributed by atoms with Gasteiger partial charge in [-0.15, -0.1) is 0 Å². The fourth-order valence-corrected chi connectivity index (χ4v) is 3.30. The Hall–Kier alpha value is -2.88. The molecule has 1 amide bonds. The molecule has 6 nitrogen and oxygen atoms in total. The van der Waals surface area contributed by atoms with E-state index in [4.69, 9.17) is 21.6 Å². The summed E-state index contributed by atoms with van der Waals surface area (Å²) in [6.45, 7) is 3.52. The molecule has 0 saturated carbocycles. The molecule has 0 aliphatic heterocycles. The normalized spacial score (nSPS) is 18.2. The Morgan fingerprint density at radius 1 is 1.38 bits per heavy atom. The van der Waals surface area contributed by atoms with Crippen LogP contribution in [-0.4, -0.2) is 28.6 Å². The molecule has 29 heavy (non-hydrogen) atoms. The summed E-state index contributed by atoms with van der Waals surface area (Å²) in [5, 5.41) is 12.5. The molecule has 1 aromatic carbocycles. The van der Waals surface area contributed by atoms with Gasteiger partial charge < -0.3 is 14.6 Å². The van der Waals surface area contributed by atoms with Crippen LogP contribution in [0.1, 0.15) is 23.7 Å². The van der Waals surface area contributed by atoms with E-state index < -0.39 is 0 Å². The molecule has 0 spiro atoms. The van der Waals surface area contributed by atoms with Gasteiger partial charge in [0.15, 0.2) is 0 Å². The van der Waals surface area contributed by atoms with E-state index in [1.807, 2.05) is 34.9 Å². The lowest BCUT2D eigenvalue weighted by Gasteiger charge is -2.21. The molecular formula is C22H23ClN4O2. The first kappa shape index (κ1) is 20.8. The Morgan fingerprint density at radius 3 is 2.93 bits per heavy atom. The fourth-order valence-electron chi connectivity index (χ4n) is 3.07. The first-order valence-corrected chi connectivity index (χ1v) is 9.81. The number of ether oxygens (including phenoxy) is 1. The third-order valence-corrected chi connectivity index (χ3v) is 5.11. The standard InChI is InChI=1S/C22H23ClN4O2/c1-16-2-7-20(23)8-19(16)10-26-22(28)14-29-13-21-11-25-15-27(21)12-18-5-3-17(9-24)4-6-18/h2-8,11,15-16,19H,10,12-14H2,1H3,(H,26,28). The van der Waals surface area contributed by atoms with E-state index in [-0.39, 0.29) is 25.0 Å². The number of nitrogens with zero attached hydrogens (tertiary/aromatic N) is 3. The van der Waals surface area contributed by atoms with Crippen LogP contribution in [0.3, 0.4) is 0 Å². The Bertz CT molecular complexity index is 940. The predicted molar refractivity (Wildman–Crippen MR) is 111 cm³/mol. The number of benzene rings is 1. The topological polar surface area (TPSA) is 79.9 Å². The fraction of sp³-hybridized carbons (Fsp3) is 0.318. The molecule has 0 radical (unpaired) electrons. The second-order valence-corrected chi connectivity index (χ2v) is 7.49. The third kappa shape index (κ3) is 6.05. The SMILES string of the molecule is CC1C=CC(Cl)=CC1CNC(=O)COCc1cncn1Cc1ccc(C#N)cc1. The van der Waals surface area contributed by atoms with Crippen LogP contribution < -0.4 is 5.32 Å². The summed E-state index contributed by atoms with van der Waals surface area (Å²) in [5.41, 5.74) is 2.57. The highest BCUT2D eigenvalue weighted by Crippen LogP contribution is 2.23. The molecule has 2 atom stereocenters. The van der Waals surface area contributed by atoms with Crippen molar-refractivity contribution in [2.24, 2.45) is 11.8 Å². The molecule has 2 unspecified atom stereocenters. The highest BCUT2D eigenvalue weighted by Gasteiger charge is 2.17. The molecule has 7 heteroatoms. The summed E-state index contributed by atoms with van der Waals surface area (Å²) in [6.07, 6.45) is 9.35. The lowest BCUT2D eigenvalue weighted by atomic mass is 9.90. The predicted octanol–water partition coefficient (Wildman–Crippen LogP) is 3.38. The number of amides is 1. The van der Waals surface area contributed by atoms with Crippen LogP contribution in [0, 0.1) is 23.2 Å². The van der Waals surface area contributed by atoms with Crippen molar-refractivity contribution in [2.75, 3.05) is 13.2 Å². The number of rotatable bonds is 8. The number of carbonyl (C=O) groups is 1. The smallest absolute Gasteiger partial charge is 0.246 e. The zero-order chi connectivity index (χ0) is 20.6. The largest absolute Gasteiger partial charge is 0.365 e. The first-order valence-electron chi connectivity index (χ1n) is 9.43. The van der Waals surface area contributed by atoms with Crippen molar-refractivity contribution in [2.45, 2.75) is 20.1 Å². The van der Waals surface area contributed by atoms with Gasteiger partial charge in [-0.1, -0.05) is 42.8 Å². The molecule has 0 saturated heterocycles. The Labute approximate surface area is 175 Å². The molecule has 3 rings (SSSR count). The van der Waals surface area contributed by atoms with Gasteiger partial charge in [0.25, 0.3) is 0 Å². The van der Waals surface area contributed by atoms with Crippen molar-refractivity contribution in [3.63, 3.8) is 0 Å². The van der Waals surface area contributed by atoms with Crippen molar-refractivity contribution in [3.8, 4) is 6.07 Å². The van der Waals surface area contributed by atoms with Crippen LogP contribution in [0.25, 0.3) is 0 Å². The van der Waals surface area contributed by atoms with E-state index in [0.717, 1.165) is 11.3 Å². The number of nitrogens with one attached hydrogen (secondary N) is 1. The highest BCUT2D eigenvalue weighted by atomic mass is 35.5. The molecular weight excluding hydrogens is 388 g/mol. The van der Waals surface area contributed by atoms with Gasteiger partial charge in [0, 0.05) is 24.0 Å². The van der Waals surface area contributed by atoms with E-state index in [1.54, 1.807) is 24.7 Å². The molecule has 1 aliphatic rings. The average molecular weight is 411 g/mol. The van der Waals surface area contributed by atoms with Gasteiger partial charge in [-0.25, -0.2) is 4.98 Å². The van der Waals surface area contributed by atoms with Crippen molar-refractivity contribution in [1.82, 2.24) is 14.9 Å². The molecule has 1 heterocycles. The van der Waals surface area contributed by atoms with Gasteiger partial charge >= 0.3 is 0 Å². The highest BCUT2D eigenvalue weighted by molar-refractivity contribution is 6.31. The molecule has 0 fully saturated rings. The van der Waals surface area contributed by atoms with E-state index in [0.29, 0.717) is 29.6 Å². The van der Waals surface area contributed by atoms with E-state index in [2.05, 4.69) is 23.3 Å². The average Bonchev–Trinajstić information content (AvgIpc) is 3.16. The molecule has 1 aliphatic carbocycles. The maximum Gasteiger partial charge on any atom is 0.246 e. The van der Waals surface area contributed by atoms with Gasteiger partial charge in [0.2, 0.25) is 5.91 Å². The number of carbonyl (C=O) groups excluding carboxylic acids is 1. The van der Waals surface area contributed by atoms with Crippen LogP contribution >= 0.6 is 11.6 Å². The second-order valence-electron chi connectivity index (χ2n) is 7.05. The maximum absolute atomic E-state index is 12.1. The van der Waals surface area contributed by atoms with Crippen LogP contribution in [0.2, 0.25) is 0 Å². The summed E-state index contributed by atoms with van der Waals surface area (Å²) >= 11 is 6.04. The minimum absolute atomic E-state index is 0.0174. The number of allylic oxidation sites excluding steroid dienone is 3. The molecule has 2 aromatic rings. The minimum Gasteiger partial charge on any atom is -0.365 e. The minimum atomic E-state index is -0.158. The van der Waals surface area contributed by atoms with Gasteiger partial charge in [-0.05, 0) is 29.7 Å². The number of nitriles is 1. The Kier molecular flexibility index (Phi) is 7.23. The van der Waals surface area contributed by atoms with Gasteiger partial charge in [0.05, 0.1) is 36.5 Å². The van der Waals surface area contributed by atoms with Crippen LogP contribution in [-0.2, 0) is 22.7 Å². The zero-order valence-corrected chi connectivity index (χ0v) is 17.0. The van der Waals surface area contributed by atoms with E-state index >= 15 is 0 Å². The van der Waals surface area contributed by atoms with E-state index in [1.165, 1.54) is 0 Å².